The van der Waals surface area contributed by atoms with E-state index in [1.165, 1.54) is 0 Å². The second kappa shape index (κ2) is 7.67. The maximum Gasteiger partial charge on any atom is 0.243 e. The van der Waals surface area contributed by atoms with Crippen LogP contribution in [0, 0.1) is 20.8 Å². The second-order valence-electron chi connectivity index (χ2n) is 6.88. The summed E-state index contributed by atoms with van der Waals surface area (Å²) in [4.78, 5) is 21.8. The van der Waals surface area contributed by atoms with E-state index in [4.69, 9.17) is 0 Å². The molecule has 0 spiro atoms. The number of nitrogens with one attached hydrogen (secondary N) is 1. The van der Waals surface area contributed by atoms with Crippen LogP contribution in [0.3, 0.4) is 0 Å². The van der Waals surface area contributed by atoms with Crippen LogP contribution in [0.1, 0.15) is 38.6 Å². The lowest BCUT2D eigenvalue weighted by Crippen LogP contribution is -2.06. The van der Waals surface area contributed by atoms with Gasteiger partial charge in [-0.1, -0.05) is 36.4 Å². The third-order valence-electron chi connectivity index (χ3n) is 4.73. The Labute approximate surface area is 169 Å². The summed E-state index contributed by atoms with van der Waals surface area (Å²) >= 11 is 0. The minimum Gasteiger partial charge on any atom is -0.313 e. The molecule has 0 radical (unpaired) electrons. The number of aryl methyl sites for hydroxylation is 2. The molecule has 29 heavy (non-hydrogen) atoms. The number of benzene rings is 1. The number of carbonyl (C=O) groups is 1. The maximum atomic E-state index is 13.2. The predicted molar refractivity (Wildman–Crippen MR) is 115 cm³/mol. The highest BCUT2D eigenvalue weighted by atomic mass is 16.1. The van der Waals surface area contributed by atoms with Gasteiger partial charge in [0.2, 0.25) is 11.7 Å². The van der Waals surface area contributed by atoms with E-state index in [0.29, 0.717) is 17.2 Å². The summed E-state index contributed by atoms with van der Waals surface area (Å²) < 4.78 is 1.92. The van der Waals surface area contributed by atoms with E-state index in [1.807, 2.05) is 86.0 Å². The highest BCUT2D eigenvalue weighted by Crippen LogP contribution is 2.24. The second-order valence-corrected chi connectivity index (χ2v) is 6.88. The van der Waals surface area contributed by atoms with Crippen molar-refractivity contribution < 1.29 is 4.79 Å². The molecule has 6 nitrogen and oxygen atoms in total. The first-order chi connectivity index (χ1) is 14.0. The van der Waals surface area contributed by atoms with Crippen molar-refractivity contribution >= 4 is 23.5 Å². The van der Waals surface area contributed by atoms with Crippen molar-refractivity contribution in [1.29, 1.82) is 0 Å². The first kappa shape index (κ1) is 18.6. The zero-order valence-electron chi connectivity index (χ0n) is 16.5. The van der Waals surface area contributed by atoms with Gasteiger partial charge in [-0.3, -0.25) is 4.79 Å². The molecule has 0 saturated heterocycles. The summed E-state index contributed by atoms with van der Waals surface area (Å²) in [5, 5.41) is 4.33. The molecule has 6 heteroatoms. The number of fused-ring (bicyclic) bond motifs is 1. The van der Waals surface area contributed by atoms with Crippen LogP contribution in [0.4, 0.5) is 5.95 Å². The van der Waals surface area contributed by atoms with Gasteiger partial charge in [0.25, 0.3) is 0 Å². The molecular formula is C23H21N5O. The molecule has 1 aromatic carbocycles. The molecule has 4 aromatic rings. The number of aromatic nitrogens is 3. The summed E-state index contributed by atoms with van der Waals surface area (Å²) in [6, 6.07) is 17.0. The molecule has 0 aliphatic heterocycles. The van der Waals surface area contributed by atoms with Gasteiger partial charge < -0.3 is 4.40 Å². The van der Waals surface area contributed by atoms with Gasteiger partial charge in [-0.2, -0.15) is 5.10 Å². The number of hydrogen-bond acceptors (Lipinski definition) is 5. The molecule has 0 atom stereocenters. The number of nitrogens with zero attached hydrogens (tertiary/aromatic N) is 4. The van der Waals surface area contributed by atoms with E-state index in [2.05, 4.69) is 20.5 Å². The molecule has 3 aromatic heterocycles. The molecule has 1 N–H and O–H groups in total. The van der Waals surface area contributed by atoms with Crippen LogP contribution in [0.15, 0.2) is 65.9 Å². The van der Waals surface area contributed by atoms with Crippen LogP contribution in [0.2, 0.25) is 0 Å². The lowest BCUT2D eigenvalue weighted by atomic mass is 10.0. The standard InChI is InChI=1S/C23H21N5O/c1-15-13-16(2)26-23(25-15)27-24-14-19-17(3)21(28-12-8-7-11-20(19)28)22(29)18-9-5-4-6-10-18/h4-14H,1-3H3,(H,25,26,27)/b24-14-. The number of rotatable bonds is 5. The zero-order valence-corrected chi connectivity index (χ0v) is 16.5. The van der Waals surface area contributed by atoms with Crippen molar-refractivity contribution in [3.63, 3.8) is 0 Å². The zero-order chi connectivity index (χ0) is 20.4. The smallest absolute Gasteiger partial charge is 0.243 e. The van der Waals surface area contributed by atoms with Crippen molar-refractivity contribution in [1.82, 2.24) is 14.4 Å². The van der Waals surface area contributed by atoms with Gasteiger partial charge in [0, 0.05) is 28.7 Å². The van der Waals surface area contributed by atoms with Crippen LogP contribution < -0.4 is 5.43 Å². The SMILES string of the molecule is Cc1cc(C)nc(N/N=C\c2c(C)c(C(=O)c3ccccc3)n3ccccc23)n1. The Morgan fingerprint density at radius 3 is 2.41 bits per heavy atom. The highest BCUT2D eigenvalue weighted by molar-refractivity contribution is 6.11. The Bertz CT molecular complexity index is 1200. The van der Waals surface area contributed by atoms with Gasteiger partial charge in [-0.15, -0.1) is 0 Å². The van der Waals surface area contributed by atoms with E-state index in [9.17, 15) is 4.79 Å². The van der Waals surface area contributed by atoms with Gasteiger partial charge in [0.15, 0.2) is 0 Å². The summed E-state index contributed by atoms with van der Waals surface area (Å²) in [7, 11) is 0. The Kier molecular flexibility index (Phi) is 4.91. The fraction of sp³-hybridized carbons (Fsp3) is 0.130. The number of anilines is 1. The molecule has 0 amide bonds. The molecule has 0 aliphatic carbocycles. The third kappa shape index (κ3) is 3.65. The summed E-state index contributed by atoms with van der Waals surface area (Å²) in [6.07, 6.45) is 3.61. The molecule has 0 aliphatic rings. The molecule has 0 saturated carbocycles. The Balaban J connectivity index is 1.73. The van der Waals surface area contributed by atoms with Crippen molar-refractivity contribution in [2.45, 2.75) is 20.8 Å². The molecule has 4 rings (SSSR count). The van der Waals surface area contributed by atoms with Gasteiger partial charge in [-0.05, 0) is 44.5 Å². The number of carbonyl (C=O) groups excluding carboxylic acids is 1. The van der Waals surface area contributed by atoms with E-state index >= 15 is 0 Å². The topological polar surface area (TPSA) is 71.7 Å². The van der Waals surface area contributed by atoms with Crippen molar-refractivity contribution in [3.8, 4) is 0 Å². The maximum absolute atomic E-state index is 13.2. The number of ketones is 1. The molecular weight excluding hydrogens is 362 g/mol. The van der Waals surface area contributed by atoms with Crippen LogP contribution in [-0.2, 0) is 0 Å². The van der Waals surface area contributed by atoms with Crippen LogP contribution in [0.5, 0.6) is 0 Å². The first-order valence-electron chi connectivity index (χ1n) is 9.35. The average Bonchev–Trinajstić information content (AvgIpc) is 2.99. The molecule has 0 unspecified atom stereocenters. The Morgan fingerprint density at radius 1 is 1.00 bits per heavy atom. The van der Waals surface area contributed by atoms with Crippen molar-refractivity contribution in [2.75, 3.05) is 5.43 Å². The van der Waals surface area contributed by atoms with E-state index in [1.54, 1.807) is 6.21 Å². The average molecular weight is 383 g/mol. The largest absolute Gasteiger partial charge is 0.313 e. The van der Waals surface area contributed by atoms with Crippen molar-refractivity contribution in [3.05, 3.63) is 94.6 Å². The van der Waals surface area contributed by atoms with Crippen LogP contribution in [-0.4, -0.2) is 26.4 Å². The summed E-state index contributed by atoms with van der Waals surface area (Å²) in [5.41, 5.74) is 8.59. The van der Waals surface area contributed by atoms with E-state index < -0.39 is 0 Å². The first-order valence-corrected chi connectivity index (χ1v) is 9.35. The molecule has 0 bridgehead atoms. The summed E-state index contributed by atoms with van der Waals surface area (Å²) in [6.45, 7) is 5.77. The lowest BCUT2D eigenvalue weighted by molar-refractivity contribution is 0.103. The normalized spacial score (nSPS) is 11.3. The highest BCUT2D eigenvalue weighted by Gasteiger charge is 2.20. The van der Waals surface area contributed by atoms with Gasteiger partial charge in [-0.25, -0.2) is 15.4 Å². The molecule has 0 fully saturated rings. The molecule has 144 valence electrons. The van der Waals surface area contributed by atoms with E-state index in [0.717, 1.165) is 28.0 Å². The third-order valence-corrected chi connectivity index (χ3v) is 4.73. The predicted octanol–water partition coefficient (Wildman–Crippen LogP) is 4.33. The fourth-order valence-electron chi connectivity index (χ4n) is 3.46. The Hall–Kier alpha value is -3.80. The number of pyridine rings is 1. The van der Waals surface area contributed by atoms with Crippen LogP contribution in [0.25, 0.3) is 5.52 Å². The fourth-order valence-corrected chi connectivity index (χ4v) is 3.46. The number of hydrazone groups is 1. The monoisotopic (exact) mass is 383 g/mol. The summed E-state index contributed by atoms with van der Waals surface area (Å²) in [5.74, 6) is 0.426. The minimum atomic E-state index is -0.0189. The van der Waals surface area contributed by atoms with Crippen molar-refractivity contribution in [2.24, 2.45) is 5.10 Å². The molecule has 3 heterocycles. The Morgan fingerprint density at radius 2 is 1.69 bits per heavy atom. The van der Waals surface area contributed by atoms with Gasteiger partial charge in [0.05, 0.1) is 17.4 Å². The van der Waals surface area contributed by atoms with Gasteiger partial charge >= 0.3 is 0 Å². The quantitative estimate of drug-likeness (QED) is 0.316. The lowest BCUT2D eigenvalue weighted by Gasteiger charge is -2.03. The van der Waals surface area contributed by atoms with E-state index in [-0.39, 0.29) is 5.78 Å². The van der Waals surface area contributed by atoms with Crippen LogP contribution >= 0.6 is 0 Å². The number of hydrogen-bond donors (Lipinski definition) is 1. The van der Waals surface area contributed by atoms with Gasteiger partial charge in [0.1, 0.15) is 0 Å². The minimum absolute atomic E-state index is 0.0189.